The number of aromatic amines is 1. The molecule has 19 heavy (non-hydrogen) atoms. The maximum absolute atomic E-state index is 12.1. The van der Waals surface area contributed by atoms with Crippen LogP contribution < -0.4 is 10.9 Å². The Hall–Kier alpha value is -2.36. The summed E-state index contributed by atoms with van der Waals surface area (Å²) in [6.45, 7) is 4.13. The molecule has 4 nitrogen and oxygen atoms in total. The number of nitrogens with one attached hydrogen (secondary N) is 2. The van der Waals surface area contributed by atoms with Crippen LogP contribution in [-0.2, 0) is 0 Å². The number of benzene rings is 1. The first-order valence-electron chi connectivity index (χ1n) is 6.17. The predicted octanol–water partition coefficient (Wildman–Crippen LogP) is 2.75. The van der Waals surface area contributed by atoms with Gasteiger partial charge in [0, 0.05) is 11.8 Å². The highest BCUT2D eigenvalue weighted by Crippen LogP contribution is 2.23. The molecule has 2 N–H and O–H groups in total. The molecule has 0 aliphatic heterocycles. The lowest BCUT2D eigenvalue weighted by atomic mass is 10.0. The Morgan fingerprint density at radius 2 is 1.84 bits per heavy atom. The summed E-state index contributed by atoms with van der Waals surface area (Å²) < 4.78 is 0. The van der Waals surface area contributed by atoms with E-state index in [4.69, 9.17) is 0 Å². The molecular formula is C15H16N2O2. The number of carbonyl (C=O) groups is 1. The lowest BCUT2D eigenvalue weighted by Gasteiger charge is -2.13. The van der Waals surface area contributed by atoms with Crippen LogP contribution in [0.4, 0.5) is 5.69 Å². The minimum atomic E-state index is -0.314. The molecule has 0 bridgehead atoms. The van der Waals surface area contributed by atoms with Crippen LogP contribution >= 0.6 is 0 Å². The molecule has 0 fully saturated rings. The van der Waals surface area contributed by atoms with Gasteiger partial charge in [0.15, 0.2) is 0 Å². The smallest absolute Gasteiger partial charge is 0.272 e. The van der Waals surface area contributed by atoms with Crippen molar-refractivity contribution in [3.05, 3.63) is 64.1 Å². The maximum atomic E-state index is 12.1. The molecule has 0 saturated heterocycles. The number of carbonyl (C=O) groups excluding carboxylic acids is 1. The number of amides is 1. The summed E-state index contributed by atoms with van der Waals surface area (Å²) in [5.74, 6) is -0.00266. The van der Waals surface area contributed by atoms with Crippen LogP contribution in [0.2, 0.25) is 0 Å². The number of rotatable bonds is 3. The van der Waals surface area contributed by atoms with Crippen LogP contribution in [0.5, 0.6) is 0 Å². The van der Waals surface area contributed by atoms with Gasteiger partial charge in [0.2, 0.25) is 5.56 Å². The highest BCUT2D eigenvalue weighted by atomic mass is 16.2. The molecule has 1 amide bonds. The molecular weight excluding hydrogens is 240 g/mol. The first kappa shape index (κ1) is 13.1. The van der Waals surface area contributed by atoms with Gasteiger partial charge in [0.05, 0.1) is 0 Å². The zero-order valence-corrected chi connectivity index (χ0v) is 10.9. The Bertz CT molecular complexity index is 644. The molecule has 0 radical (unpaired) electrons. The van der Waals surface area contributed by atoms with Crippen LogP contribution in [0.1, 0.15) is 35.8 Å². The summed E-state index contributed by atoms with van der Waals surface area (Å²) in [4.78, 5) is 25.8. The fraction of sp³-hybridized carbons (Fsp3) is 0.200. The van der Waals surface area contributed by atoms with E-state index < -0.39 is 0 Å². The minimum Gasteiger partial charge on any atom is -0.320 e. The fourth-order valence-corrected chi connectivity index (χ4v) is 1.88. The van der Waals surface area contributed by atoms with Gasteiger partial charge in [-0.3, -0.25) is 9.59 Å². The van der Waals surface area contributed by atoms with E-state index in [2.05, 4.69) is 24.1 Å². The zero-order valence-electron chi connectivity index (χ0n) is 10.9. The maximum Gasteiger partial charge on any atom is 0.272 e. The molecule has 0 aliphatic carbocycles. The molecule has 0 atom stereocenters. The normalized spacial score (nSPS) is 10.5. The van der Waals surface area contributed by atoms with Gasteiger partial charge in [-0.05, 0) is 23.6 Å². The Labute approximate surface area is 111 Å². The van der Waals surface area contributed by atoms with E-state index in [0.29, 0.717) is 5.92 Å². The largest absolute Gasteiger partial charge is 0.320 e. The lowest BCUT2D eigenvalue weighted by molar-refractivity contribution is 0.102. The van der Waals surface area contributed by atoms with Crippen molar-refractivity contribution in [3.63, 3.8) is 0 Å². The topological polar surface area (TPSA) is 62.0 Å². The van der Waals surface area contributed by atoms with Gasteiger partial charge in [-0.2, -0.15) is 0 Å². The van der Waals surface area contributed by atoms with E-state index in [1.807, 2.05) is 24.3 Å². The second-order valence-electron chi connectivity index (χ2n) is 4.62. The van der Waals surface area contributed by atoms with Crippen molar-refractivity contribution in [1.29, 1.82) is 0 Å². The molecule has 1 aromatic carbocycles. The van der Waals surface area contributed by atoms with Crippen LogP contribution in [0.15, 0.2) is 47.3 Å². The highest BCUT2D eigenvalue weighted by molar-refractivity contribution is 6.03. The van der Waals surface area contributed by atoms with Crippen molar-refractivity contribution < 1.29 is 4.79 Å². The van der Waals surface area contributed by atoms with Crippen molar-refractivity contribution in [2.24, 2.45) is 0 Å². The number of hydrogen-bond donors (Lipinski definition) is 2. The second-order valence-corrected chi connectivity index (χ2v) is 4.62. The number of aromatic nitrogens is 1. The van der Waals surface area contributed by atoms with Crippen LogP contribution in [0.25, 0.3) is 0 Å². The summed E-state index contributed by atoms with van der Waals surface area (Å²) in [5, 5.41) is 2.83. The third-order valence-corrected chi connectivity index (χ3v) is 2.84. The van der Waals surface area contributed by atoms with E-state index >= 15 is 0 Å². The zero-order chi connectivity index (χ0) is 13.8. The molecule has 0 aliphatic rings. The van der Waals surface area contributed by atoms with Crippen molar-refractivity contribution >= 4 is 11.6 Å². The SMILES string of the molecule is CC(C)c1ccccc1NC(=O)c1cccc(=O)[nH]1. The van der Waals surface area contributed by atoms with E-state index in [1.54, 1.807) is 12.1 Å². The summed E-state index contributed by atoms with van der Waals surface area (Å²) in [7, 11) is 0. The molecule has 2 rings (SSSR count). The van der Waals surface area contributed by atoms with E-state index in [-0.39, 0.29) is 17.2 Å². The van der Waals surface area contributed by atoms with Crippen molar-refractivity contribution in [2.75, 3.05) is 5.32 Å². The van der Waals surface area contributed by atoms with Gasteiger partial charge in [-0.25, -0.2) is 0 Å². The molecule has 2 aromatic rings. The molecule has 0 unspecified atom stereocenters. The molecule has 4 heteroatoms. The lowest BCUT2D eigenvalue weighted by Crippen LogP contribution is -2.18. The van der Waals surface area contributed by atoms with Gasteiger partial charge in [-0.15, -0.1) is 0 Å². The van der Waals surface area contributed by atoms with E-state index in [9.17, 15) is 9.59 Å². The number of pyridine rings is 1. The summed E-state index contributed by atoms with van der Waals surface area (Å²) in [6.07, 6.45) is 0. The average molecular weight is 256 g/mol. The van der Waals surface area contributed by atoms with Crippen molar-refractivity contribution in [3.8, 4) is 0 Å². The summed E-state index contributed by atoms with van der Waals surface area (Å²) in [6, 6.07) is 12.2. The first-order valence-corrected chi connectivity index (χ1v) is 6.17. The molecule has 1 aromatic heterocycles. The van der Waals surface area contributed by atoms with Gasteiger partial charge < -0.3 is 10.3 Å². The summed E-state index contributed by atoms with van der Waals surface area (Å²) >= 11 is 0. The third kappa shape index (κ3) is 3.10. The Morgan fingerprint density at radius 3 is 2.53 bits per heavy atom. The van der Waals surface area contributed by atoms with Gasteiger partial charge in [0.25, 0.3) is 5.91 Å². The van der Waals surface area contributed by atoms with Crippen molar-refractivity contribution in [1.82, 2.24) is 4.98 Å². The molecule has 0 spiro atoms. The number of H-pyrrole nitrogens is 1. The van der Waals surface area contributed by atoms with E-state index in [1.165, 1.54) is 6.07 Å². The van der Waals surface area contributed by atoms with Gasteiger partial charge in [0.1, 0.15) is 5.69 Å². The standard InChI is InChI=1S/C15H16N2O2/c1-10(2)11-6-3-4-7-12(11)17-15(19)13-8-5-9-14(18)16-13/h3-10H,1-2H3,(H,16,18)(H,17,19). The first-order chi connectivity index (χ1) is 9.08. The Morgan fingerprint density at radius 1 is 1.11 bits per heavy atom. The van der Waals surface area contributed by atoms with Crippen LogP contribution in [0.3, 0.4) is 0 Å². The molecule has 98 valence electrons. The minimum absolute atomic E-state index is 0.256. The highest BCUT2D eigenvalue weighted by Gasteiger charge is 2.11. The van der Waals surface area contributed by atoms with Crippen LogP contribution in [0, 0.1) is 0 Å². The predicted molar refractivity (Wildman–Crippen MR) is 75.5 cm³/mol. The fourth-order valence-electron chi connectivity index (χ4n) is 1.88. The van der Waals surface area contributed by atoms with Crippen LogP contribution in [-0.4, -0.2) is 10.9 Å². The Balaban J connectivity index is 2.27. The Kier molecular flexibility index (Phi) is 3.80. The summed E-state index contributed by atoms with van der Waals surface area (Å²) in [5.41, 5.74) is 1.80. The van der Waals surface area contributed by atoms with Crippen molar-refractivity contribution in [2.45, 2.75) is 19.8 Å². The third-order valence-electron chi connectivity index (χ3n) is 2.84. The van der Waals surface area contributed by atoms with E-state index in [0.717, 1.165) is 11.3 Å². The average Bonchev–Trinajstić information content (AvgIpc) is 2.39. The van der Waals surface area contributed by atoms with Gasteiger partial charge >= 0.3 is 0 Å². The number of para-hydroxylation sites is 1. The molecule has 0 saturated carbocycles. The van der Waals surface area contributed by atoms with Gasteiger partial charge in [-0.1, -0.05) is 38.1 Å². The number of hydrogen-bond acceptors (Lipinski definition) is 2. The second kappa shape index (κ2) is 5.52. The monoisotopic (exact) mass is 256 g/mol. The number of anilines is 1. The quantitative estimate of drug-likeness (QED) is 0.887. The molecule has 1 heterocycles.